The van der Waals surface area contributed by atoms with E-state index in [1.54, 1.807) is 12.1 Å². The van der Waals surface area contributed by atoms with Gasteiger partial charge in [-0.1, -0.05) is 29.8 Å². The van der Waals surface area contributed by atoms with Gasteiger partial charge in [-0.2, -0.15) is 0 Å². The van der Waals surface area contributed by atoms with Crippen molar-refractivity contribution in [3.8, 4) is 0 Å². The molecular formula is C23H22N4O3. The van der Waals surface area contributed by atoms with E-state index in [4.69, 9.17) is 4.42 Å². The summed E-state index contributed by atoms with van der Waals surface area (Å²) in [4.78, 5) is 29.4. The van der Waals surface area contributed by atoms with E-state index in [0.29, 0.717) is 13.0 Å². The molecule has 7 heteroatoms. The maximum absolute atomic E-state index is 12.7. The van der Waals surface area contributed by atoms with Gasteiger partial charge in [0.1, 0.15) is 12.4 Å². The van der Waals surface area contributed by atoms with Crippen molar-refractivity contribution in [2.75, 3.05) is 11.9 Å². The van der Waals surface area contributed by atoms with Crippen LogP contribution in [0.5, 0.6) is 0 Å². The van der Waals surface area contributed by atoms with Gasteiger partial charge in [-0.3, -0.25) is 9.59 Å². The molecule has 0 atom stereocenters. The van der Waals surface area contributed by atoms with Gasteiger partial charge in [-0.25, -0.2) is 4.98 Å². The minimum atomic E-state index is -0.278. The van der Waals surface area contributed by atoms with Gasteiger partial charge < -0.3 is 19.6 Å². The molecule has 0 bridgehead atoms. The maximum Gasteiger partial charge on any atom is 0.286 e. The summed E-state index contributed by atoms with van der Waals surface area (Å²) in [6, 6.07) is 18.6. The smallest absolute Gasteiger partial charge is 0.286 e. The Morgan fingerprint density at radius 1 is 1.03 bits per heavy atom. The summed E-state index contributed by atoms with van der Waals surface area (Å²) >= 11 is 0. The molecule has 0 aliphatic rings. The molecule has 0 radical (unpaired) electrons. The largest absolute Gasteiger partial charge is 0.459 e. The first-order valence-electron chi connectivity index (χ1n) is 9.72. The lowest BCUT2D eigenvalue weighted by atomic mass is 10.2. The van der Waals surface area contributed by atoms with Gasteiger partial charge in [0.05, 0.1) is 17.3 Å². The van der Waals surface area contributed by atoms with Crippen molar-refractivity contribution in [2.24, 2.45) is 0 Å². The van der Waals surface area contributed by atoms with E-state index in [9.17, 15) is 9.59 Å². The fourth-order valence-corrected chi connectivity index (χ4v) is 3.26. The average Bonchev–Trinajstić information content (AvgIpc) is 3.39. The minimum absolute atomic E-state index is 0.135. The Kier molecular flexibility index (Phi) is 5.61. The topological polar surface area (TPSA) is 89.2 Å². The summed E-state index contributed by atoms with van der Waals surface area (Å²) in [7, 11) is 0. The number of hydrogen-bond donors (Lipinski definition) is 2. The van der Waals surface area contributed by atoms with E-state index in [0.717, 1.165) is 28.1 Å². The quantitative estimate of drug-likeness (QED) is 0.495. The predicted molar refractivity (Wildman–Crippen MR) is 114 cm³/mol. The maximum atomic E-state index is 12.7. The average molecular weight is 402 g/mol. The highest BCUT2D eigenvalue weighted by Gasteiger charge is 2.15. The van der Waals surface area contributed by atoms with E-state index in [1.807, 2.05) is 60.0 Å². The van der Waals surface area contributed by atoms with Crippen molar-refractivity contribution in [3.63, 3.8) is 0 Å². The fraction of sp³-hybridized carbons (Fsp3) is 0.174. The molecule has 152 valence electrons. The zero-order chi connectivity index (χ0) is 20.9. The zero-order valence-corrected chi connectivity index (χ0v) is 16.6. The summed E-state index contributed by atoms with van der Waals surface area (Å²) in [6.45, 7) is 2.51. The van der Waals surface area contributed by atoms with Crippen LogP contribution < -0.4 is 10.6 Å². The summed E-state index contributed by atoms with van der Waals surface area (Å²) in [6.07, 6.45) is 1.94. The van der Waals surface area contributed by atoms with Crippen molar-refractivity contribution in [2.45, 2.75) is 19.9 Å². The number of aromatic nitrogens is 2. The number of imidazole rings is 1. The normalized spacial score (nSPS) is 10.8. The number of benzene rings is 2. The highest BCUT2D eigenvalue weighted by molar-refractivity contribution is 5.92. The number of hydrogen-bond acceptors (Lipinski definition) is 4. The highest BCUT2D eigenvalue weighted by Crippen LogP contribution is 2.17. The van der Waals surface area contributed by atoms with Gasteiger partial charge in [-0.15, -0.1) is 0 Å². The summed E-state index contributed by atoms with van der Waals surface area (Å²) in [5.41, 5.74) is 3.58. The lowest BCUT2D eigenvalue weighted by Gasteiger charge is -2.11. The van der Waals surface area contributed by atoms with Crippen LogP contribution in [0.1, 0.15) is 21.9 Å². The van der Waals surface area contributed by atoms with Crippen LogP contribution >= 0.6 is 0 Å². The predicted octanol–water partition coefficient (Wildman–Crippen LogP) is 3.55. The number of para-hydroxylation sites is 2. The molecule has 0 aliphatic carbocycles. The molecule has 2 amide bonds. The number of amides is 2. The van der Waals surface area contributed by atoms with Crippen LogP contribution in [0.2, 0.25) is 0 Å². The molecular weight excluding hydrogens is 380 g/mol. The molecule has 0 saturated carbocycles. The number of furan rings is 1. The number of aryl methyl sites for hydroxylation is 1. The summed E-state index contributed by atoms with van der Waals surface area (Å²) in [5.74, 6) is 0.582. The second kappa shape index (κ2) is 8.65. The van der Waals surface area contributed by atoms with Crippen LogP contribution in [0.3, 0.4) is 0 Å². The van der Waals surface area contributed by atoms with Crippen LogP contribution in [0.4, 0.5) is 5.69 Å². The Morgan fingerprint density at radius 3 is 2.60 bits per heavy atom. The second-order valence-electron chi connectivity index (χ2n) is 7.00. The first kappa shape index (κ1) is 19.4. The monoisotopic (exact) mass is 402 g/mol. The Labute approximate surface area is 173 Å². The third-order valence-corrected chi connectivity index (χ3v) is 4.75. The summed E-state index contributed by atoms with van der Waals surface area (Å²) in [5, 5.41) is 5.74. The molecule has 0 fully saturated rings. The molecule has 2 aromatic heterocycles. The third-order valence-electron chi connectivity index (χ3n) is 4.75. The first-order chi connectivity index (χ1) is 14.6. The number of carbonyl (C=O) groups excluding carboxylic acids is 2. The number of fused-ring (bicyclic) bond motifs is 1. The van der Waals surface area contributed by atoms with Gasteiger partial charge in [0.25, 0.3) is 5.91 Å². The molecule has 0 spiro atoms. The van der Waals surface area contributed by atoms with Gasteiger partial charge in [0.15, 0.2) is 5.76 Å². The third kappa shape index (κ3) is 4.41. The molecule has 30 heavy (non-hydrogen) atoms. The van der Waals surface area contributed by atoms with E-state index in [-0.39, 0.29) is 24.1 Å². The van der Waals surface area contributed by atoms with Crippen LogP contribution in [0.15, 0.2) is 71.3 Å². The number of nitrogens with one attached hydrogen (secondary N) is 2. The number of anilines is 1. The first-order valence-corrected chi connectivity index (χ1v) is 9.72. The standard InChI is InChI=1S/C23H22N4O3/c1-16-8-10-17(11-9-16)25-22(28)15-27-19-6-3-2-5-18(19)26-21(27)12-13-24-23(29)20-7-4-14-30-20/h2-11,14H,12-13,15H2,1H3,(H,24,29)(H,25,28). The van der Waals surface area contributed by atoms with Crippen molar-refractivity contribution >= 4 is 28.5 Å². The molecule has 2 N–H and O–H groups in total. The van der Waals surface area contributed by atoms with Crippen LogP contribution in [-0.2, 0) is 17.8 Å². The fourth-order valence-electron chi connectivity index (χ4n) is 3.26. The molecule has 0 unspecified atom stereocenters. The number of nitrogens with zero attached hydrogens (tertiary/aromatic N) is 2. The Morgan fingerprint density at radius 2 is 1.83 bits per heavy atom. The summed E-state index contributed by atoms with van der Waals surface area (Å²) < 4.78 is 6.99. The Balaban J connectivity index is 1.47. The van der Waals surface area contributed by atoms with Crippen molar-refractivity contribution in [1.82, 2.24) is 14.9 Å². The lowest BCUT2D eigenvalue weighted by molar-refractivity contribution is -0.116. The van der Waals surface area contributed by atoms with Crippen LogP contribution in [0.25, 0.3) is 11.0 Å². The zero-order valence-electron chi connectivity index (χ0n) is 16.6. The number of rotatable bonds is 7. The Bertz CT molecular complexity index is 1160. The Hall–Kier alpha value is -3.87. The van der Waals surface area contributed by atoms with Crippen LogP contribution in [-0.4, -0.2) is 27.9 Å². The van der Waals surface area contributed by atoms with Crippen molar-refractivity contribution < 1.29 is 14.0 Å². The van der Waals surface area contributed by atoms with Gasteiger partial charge >= 0.3 is 0 Å². The van der Waals surface area contributed by atoms with Gasteiger partial charge in [0, 0.05) is 18.7 Å². The lowest BCUT2D eigenvalue weighted by Crippen LogP contribution is -2.27. The molecule has 2 heterocycles. The highest BCUT2D eigenvalue weighted by atomic mass is 16.3. The van der Waals surface area contributed by atoms with Crippen molar-refractivity contribution in [3.05, 3.63) is 84.1 Å². The van der Waals surface area contributed by atoms with E-state index in [1.165, 1.54) is 6.26 Å². The molecule has 4 aromatic rings. The van der Waals surface area contributed by atoms with Gasteiger partial charge in [-0.05, 0) is 43.3 Å². The second-order valence-corrected chi connectivity index (χ2v) is 7.00. The minimum Gasteiger partial charge on any atom is -0.459 e. The van der Waals surface area contributed by atoms with Crippen LogP contribution in [0, 0.1) is 6.92 Å². The molecule has 7 nitrogen and oxygen atoms in total. The van der Waals surface area contributed by atoms with E-state index < -0.39 is 0 Å². The molecule has 0 saturated heterocycles. The molecule has 4 rings (SSSR count). The number of carbonyl (C=O) groups is 2. The van der Waals surface area contributed by atoms with Gasteiger partial charge in [0.2, 0.25) is 5.91 Å². The molecule has 0 aliphatic heterocycles. The van der Waals surface area contributed by atoms with E-state index in [2.05, 4.69) is 15.6 Å². The van der Waals surface area contributed by atoms with E-state index >= 15 is 0 Å². The van der Waals surface area contributed by atoms with Crippen molar-refractivity contribution in [1.29, 1.82) is 0 Å². The SMILES string of the molecule is Cc1ccc(NC(=O)Cn2c(CCNC(=O)c3ccco3)nc3ccccc32)cc1. The molecule has 2 aromatic carbocycles.